The average Bonchev–Trinajstić information content (AvgIpc) is 3.07. The summed E-state index contributed by atoms with van der Waals surface area (Å²) in [5, 5.41) is 8.42. The van der Waals surface area contributed by atoms with E-state index in [-0.39, 0.29) is 0 Å². The first-order valence-corrected chi connectivity index (χ1v) is 9.03. The lowest BCUT2D eigenvalue weighted by Crippen LogP contribution is -2.29. The molecule has 130 valence electrons. The molecule has 4 rings (SSSR count). The van der Waals surface area contributed by atoms with Crippen LogP contribution in [0, 0.1) is 0 Å². The van der Waals surface area contributed by atoms with Crippen LogP contribution < -0.4 is 10.1 Å². The van der Waals surface area contributed by atoms with Crippen molar-refractivity contribution in [1.29, 1.82) is 0 Å². The van der Waals surface area contributed by atoms with E-state index in [1.165, 1.54) is 18.5 Å². The summed E-state index contributed by atoms with van der Waals surface area (Å²) in [6.07, 6.45) is 5.22. The van der Waals surface area contributed by atoms with Gasteiger partial charge in [0.1, 0.15) is 5.75 Å². The molecule has 1 fully saturated rings. The first-order valence-electron chi connectivity index (χ1n) is 9.03. The molecule has 1 aromatic carbocycles. The largest absolute Gasteiger partial charge is 0.497 e. The monoisotopic (exact) mass is 336 g/mol. The van der Waals surface area contributed by atoms with Crippen LogP contribution in [0.2, 0.25) is 0 Å². The Hall–Kier alpha value is -2.40. The number of hydrogen-bond acceptors (Lipinski definition) is 4. The predicted molar refractivity (Wildman–Crippen MR) is 99.2 cm³/mol. The molecule has 3 aromatic rings. The fourth-order valence-electron chi connectivity index (χ4n) is 3.72. The van der Waals surface area contributed by atoms with Crippen molar-refractivity contribution in [2.75, 3.05) is 20.2 Å². The number of aromatic nitrogens is 3. The number of aryl methyl sites for hydroxylation is 1. The van der Waals surface area contributed by atoms with E-state index in [1.807, 2.05) is 18.3 Å². The van der Waals surface area contributed by atoms with Crippen LogP contribution in [0.3, 0.4) is 0 Å². The van der Waals surface area contributed by atoms with Gasteiger partial charge >= 0.3 is 0 Å². The standard InChI is InChI=1S/C20H24N4O/c1-3-17-19(14-6-8-16(25-2)9-7-14)20-22-12-10-18(24(20)23-17)15-5-4-11-21-13-15/h6-10,12,15,21H,3-5,11,13H2,1-2H3/t15-/m0/s1. The normalized spacial score (nSPS) is 17.8. The van der Waals surface area contributed by atoms with E-state index < -0.39 is 0 Å². The second kappa shape index (κ2) is 6.84. The molecule has 0 aliphatic carbocycles. The fraction of sp³-hybridized carbons (Fsp3) is 0.400. The Bertz CT molecular complexity index is 863. The Morgan fingerprint density at radius 1 is 1.24 bits per heavy atom. The molecule has 5 heteroatoms. The van der Waals surface area contributed by atoms with E-state index in [4.69, 9.17) is 9.84 Å². The van der Waals surface area contributed by atoms with Crippen molar-refractivity contribution >= 4 is 5.65 Å². The molecule has 0 bridgehead atoms. The Balaban J connectivity index is 1.86. The van der Waals surface area contributed by atoms with E-state index in [0.717, 1.165) is 47.7 Å². The molecule has 1 N–H and O–H groups in total. The Kier molecular flexibility index (Phi) is 4.40. The highest BCUT2D eigenvalue weighted by Crippen LogP contribution is 2.32. The van der Waals surface area contributed by atoms with Gasteiger partial charge in [-0.05, 0) is 49.6 Å². The number of methoxy groups -OCH3 is 1. The van der Waals surface area contributed by atoms with Gasteiger partial charge in [-0.1, -0.05) is 19.1 Å². The van der Waals surface area contributed by atoms with Crippen LogP contribution in [0.25, 0.3) is 16.8 Å². The maximum Gasteiger partial charge on any atom is 0.163 e. The van der Waals surface area contributed by atoms with E-state index in [0.29, 0.717) is 5.92 Å². The fourth-order valence-corrected chi connectivity index (χ4v) is 3.72. The van der Waals surface area contributed by atoms with E-state index >= 15 is 0 Å². The zero-order valence-corrected chi connectivity index (χ0v) is 14.8. The predicted octanol–water partition coefficient (Wildman–Crippen LogP) is 3.43. The highest BCUT2D eigenvalue weighted by molar-refractivity contribution is 5.80. The zero-order chi connectivity index (χ0) is 17.2. The summed E-state index contributed by atoms with van der Waals surface area (Å²) in [5.74, 6) is 1.35. The van der Waals surface area contributed by atoms with Gasteiger partial charge < -0.3 is 10.1 Å². The molecule has 3 heterocycles. The van der Waals surface area contributed by atoms with Crippen molar-refractivity contribution in [2.24, 2.45) is 0 Å². The summed E-state index contributed by atoms with van der Waals surface area (Å²) in [5.41, 5.74) is 5.57. The quantitative estimate of drug-likeness (QED) is 0.793. The minimum absolute atomic E-state index is 0.493. The van der Waals surface area contributed by atoms with Crippen molar-refractivity contribution in [2.45, 2.75) is 32.1 Å². The minimum Gasteiger partial charge on any atom is -0.497 e. The van der Waals surface area contributed by atoms with Gasteiger partial charge in [0.25, 0.3) is 0 Å². The van der Waals surface area contributed by atoms with Crippen LogP contribution in [0.15, 0.2) is 36.5 Å². The molecule has 25 heavy (non-hydrogen) atoms. The van der Waals surface area contributed by atoms with Crippen molar-refractivity contribution < 1.29 is 4.74 Å². The minimum atomic E-state index is 0.493. The highest BCUT2D eigenvalue weighted by Gasteiger charge is 2.22. The lowest BCUT2D eigenvalue weighted by Gasteiger charge is -2.23. The third kappa shape index (κ3) is 2.89. The summed E-state index contributed by atoms with van der Waals surface area (Å²) in [4.78, 5) is 4.67. The van der Waals surface area contributed by atoms with Gasteiger partial charge in [-0.25, -0.2) is 9.50 Å². The molecule has 1 saturated heterocycles. The molecule has 0 amide bonds. The highest BCUT2D eigenvalue weighted by atomic mass is 16.5. The third-order valence-electron chi connectivity index (χ3n) is 5.05. The van der Waals surface area contributed by atoms with Gasteiger partial charge in [0.15, 0.2) is 5.65 Å². The first-order chi connectivity index (χ1) is 12.3. The molecule has 1 aliphatic heterocycles. The van der Waals surface area contributed by atoms with Crippen LogP contribution in [-0.4, -0.2) is 34.8 Å². The van der Waals surface area contributed by atoms with Gasteiger partial charge in [0.2, 0.25) is 0 Å². The SMILES string of the molecule is CCc1nn2c([C@H]3CCCNC3)ccnc2c1-c1ccc(OC)cc1. The van der Waals surface area contributed by atoms with Gasteiger partial charge in [-0.15, -0.1) is 0 Å². The molecule has 1 atom stereocenters. The van der Waals surface area contributed by atoms with Gasteiger partial charge in [0.05, 0.1) is 18.5 Å². The topological polar surface area (TPSA) is 51.5 Å². The molecular formula is C20H24N4O. The maximum absolute atomic E-state index is 5.29. The van der Waals surface area contributed by atoms with Gasteiger partial charge in [-0.2, -0.15) is 5.10 Å². The van der Waals surface area contributed by atoms with Crippen LogP contribution in [0.5, 0.6) is 5.75 Å². The lowest BCUT2D eigenvalue weighted by atomic mass is 9.96. The number of ether oxygens (including phenoxy) is 1. The van der Waals surface area contributed by atoms with E-state index in [9.17, 15) is 0 Å². The zero-order valence-electron chi connectivity index (χ0n) is 14.8. The van der Waals surface area contributed by atoms with E-state index in [2.05, 4.69) is 39.9 Å². The molecule has 1 aliphatic rings. The first kappa shape index (κ1) is 16.1. The molecule has 5 nitrogen and oxygen atoms in total. The summed E-state index contributed by atoms with van der Waals surface area (Å²) < 4.78 is 7.35. The Morgan fingerprint density at radius 2 is 2.08 bits per heavy atom. The summed E-state index contributed by atoms with van der Waals surface area (Å²) >= 11 is 0. The molecule has 0 saturated carbocycles. The van der Waals surface area contributed by atoms with Crippen LogP contribution in [0.4, 0.5) is 0 Å². The van der Waals surface area contributed by atoms with Crippen molar-refractivity contribution in [3.63, 3.8) is 0 Å². The summed E-state index contributed by atoms with van der Waals surface area (Å²) in [6.45, 7) is 4.27. The molecular weight excluding hydrogens is 312 g/mol. The number of rotatable bonds is 4. The number of hydrogen-bond donors (Lipinski definition) is 1. The third-order valence-corrected chi connectivity index (χ3v) is 5.05. The van der Waals surface area contributed by atoms with Crippen LogP contribution in [0.1, 0.15) is 37.1 Å². The second-order valence-corrected chi connectivity index (χ2v) is 6.55. The van der Waals surface area contributed by atoms with Crippen LogP contribution >= 0.6 is 0 Å². The molecule has 2 aromatic heterocycles. The second-order valence-electron chi connectivity index (χ2n) is 6.55. The molecule has 0 radical (unpaired) electrons. The van der Waals surface area contributed by atoms with Crippen molar-refractivity contribution in [3.8, 4) is 16.9 Å². The van der Waals surface area contributed by atoms with Gasteiger partial charge in [-0.3, -0.25) is 0 Å². The summed E-state index contributed by atoms with van der Waals surface area (Å²) in [6, 6.07) is 10.3. The van der Waals surface area contributed by atoms with Crippen molar-refractivity contribution in [1.82, 2.24) is 19.9 Å². The number of benzene rings is 1. The number of piperidine rings is 1. The van der Waals surface area contributed by atoms with Crippen LogP contribution in [-0.2, 0) is 6.42 Å². The average molecular weight is 336 g/mol. The molecule has 0 spiro atoms. The van der Waals surface area contributed by atoms with E-state index in [1.54, 1.807) is 7.11 Å². The summed E-state index contributed by atoms with van der Waals surface area (Å²) in [7, 11) is 1.69. The Labute approximate surface area is 148 Å². The molecule has 0 unspecified atom stereocenters. The smallest absolute Gasteiger partial charge is 0.163 e. The van der Waals surface area contributed by atoms with Crippen molar-refractivity contribution in [3.05, 3.63) is 47.9 Å². The number of fused-ring (bicyclic) bond motifs is 1. The number of nitrogens with one attached hydrogen (secondary N) is 1. The lowest BCUT2D eigenvalue weighted by molar-refractivity contribution is 0.415. The number of nitrogens with zero attached hydrogens (tertiary/aromatic N) is 3. The Morgan fingerprint density at radius 3 is 2.76 bits per heavy atom. The van der Waals surface area contributed by atoms with Gasteiger partial charge in [0, 0.05) is 24.2 Å². The maximum atomic E-state index is 5.29.